The Morgan fingerprint density at radius 1 is 0.906 bits per heavy atom. The van der Waals surface area contributed by atoms with E-state index in [2.05, 4.69) is 5.32 Å². The summed E-state index contributed by atoms with van der Waals surface area (Å²) in [4.78, 5) is 32.7. The number of carboxylic acids is 3. The molecule has 0 bridgehead atoms. The van der Waals surface area contributed by atoms with Crippen molar-refractivity contribution in [3.63, 3.8) is 0 Å². The number of nitrogens with two attached hydrogens (primary N) is 1. The van der Waals surface area contributed by atoms with Crippen molar-refractivity contribution in [2.24, 2.45) is 11.7 Å². The van der Waals surface area contributed by atoms with E-state index in [1.54, 1.807) is 13.8 Å². The predicted octanol–water partition coefficient (Wildman–Crippen LogP) is 2.77. The number of hydrogen-bond donors (Lipinski definition) is 5. The monoisotopic (exact) mass is 459 g/mol. The molecule has 2 aliphatic rings. The van der Waals surface area contributed by atoms with E-state index in [9.17, 15) is 14.4 Å². The van der Waals surface area contributed by atoms with Crippen molar-refractivity contribution in [1.82, 2.24) is 10.2 Å². The molecule has 0 aromatic heterocycles. The van der Waals surface area contributed by atoms with Crippen LogP contribution in [0.5, 0.6) is 0 Å². The second-order valence-electron chi connectivity index (χ2n) is 9.11. The number of nitrogens with one attached hydrogen (secondary N) is 1. The van der Waals surface area contributed by atoms with Crippen LogP contribution >= 0.6 is 0 Å². The van der Waals surface area contributed by atoms with Gasteiger partial charge in [0.25, 0.3) is 0 Å². The fraction of sp³-hybridized carbons (Fsp3) is 0.870. The SMILES string of the molecule is CC(C)[C@@H](N)C(=O)O.CN1CCC[C@H]1C(=O)O.O=C(O)CNC1CCCCCCCCC1. The van der Waals surface area contributed by atoms with Gasteiger partial charge >= 0.3 is 17.9 Å². The van der Waals surface area contributed by atoms with Crippen LogP contribution in [0.2, 0.25) is 0 Å². The molecule has 1 saturated heterocycles. The number of carboxylic acid groups (broad SMARTS) is 3. The molecule has 1 saturated carbocycles. The second-order valence-corrected chi connectivity index (χ2v) is 9.11. The van der Waals surface area contributed by atoms with Gasteiger partial charge in [0.15, 0.2) is 0 Å². The third kappa shape index (κ3) is 15.2. The Hall–Kier alpha value is -1.71. The fourth-order valence-electron chi connectivity index (χ4n) is 3.75. The highest BCUT2D eigenvalue weighted by molar-refractivity contribution is 5.73. The topological polar surface area (TPSA) is 153 Å². The van der Waals surface area contributed by atoms with Gasteiger partial charge < -0.3 is 26.4 Å². The zero-order chi connectivity index (χ0) is 24.5. The van der Waals surface area contributed by atoms with Crippen molar-refractivity contribution >= 4 is 17.9 Å². The molecule has 9 nitrogen and oxygen atoms in total. The van der Waals surface area contributed by atoms with Crippen molar-refractivity contribution < 1.29 is 29.7 Å². The summed E-state index contributed by atoms with van der Waals surface area (Å²) in [7, 11) is 1.85. The number of aliphatic carboxylic acids is 3. The van der Waals surface area contributed by atoms with Gasteiger partial charge in [-0.05, 0) is 45.2 Å². The molecule has 1 heterocycles. The maximum atomic E-state index is 10.5. The van der Waals surface area contributed by atoms with Gasteiger partial charge in [0.1, 0.15) is 12.1 Å². The van der Waals surface area contributed by atoms with E-state index in [0.717, 1.165) is 32.2 Å². The van der Waals surface area contributed by atoms with E-state index < -0.39 is 23.9 Å². The molecule has 6 N–H and O–H groups in total. The van der Waals surface area contributed by atoms with Crippen molar-refractivity contribution in [1.29, 1.82) is 0 Å². The third-order valence-corrected chi connectivity index (χ3v) is 5.96. The van der Waals surface area contributed by atoms with Crippen LogP contribution < -0.4 is 11.1 Å². The Labute approximate surface area is 192 Å². The summed E-state index contributed by atoms with van der Waals surface area (Å²) in [6.45, 7) is 4.60. The van der Waals surface area contributed by atoms with Gasteiger partial charge in [0.2, 0.25) is 0 Å². The average Bonchev–Trinajstić information content (AvgIpc) is 3.17. The molecule has 0 unspecified atom stereocenters. The van der Waals surface area contributed by atoms with Crippen molar-refractivity contribution in [2.75, 3.05) is 20.1 Å². The molecule has 0 aromatic rings. The molecule has 2 atom stereocenters. The van der Waals surface area contributed by atoms with Crippen LogP contribution in [0.25, 0.3) is 0 Å². The van der Waals surface area contributed by atoms with Crippen LogP contribution in [-0.4, -0.2) is 76.4 Å². The number of nitrogens with zero attached hydrogens (tertiary/aromatic N) is 1. The average molecular weight is 460 g/mol. The normalized spacial score (nSPS) is 21.5. The summed E-state index contributed by atoms with van der Waals surface area (Å²) < 4.78 is 0. The van der Waals surface area contributed by atoms with E-state index in [1.165, 1.54) is 44.9 Å². The first-order valence-corrected chi connectivity index (χ1v) is 11.9. The van der Waals surface area contributed by atoms with Gasteiger partial charge in [-0.3, -0.25) is 19.3 Å². The first kappa shape index (κ1) is 30.3. The summed E-state index contributed by atoms with van der Waals surface area (Å²) in [6, 6.07) is -0.501. The molecule has 1 aliphatic carbocycles. The third-order valence-electron chi connectivity index (χ3n) is 5.96. The summed E-state index contributed by atoms with van der Waals surface area (Å²) in [5.41, 5.74) is 5.16. The molecular weight excluding hydrogens is 414 g/mol. The molecule has 188 valence electrons. The Kier molecular flexibility index (Phi) is 16.8. The summed E-state index contributed by atoms with van der Waals surface area (Å²) >= 11 is 0. The number of likely N-dealkylation sites (tertiary alicyclic amines) is 1. The maximum absolute atomic E-state index is 10.5. The minimum atomic E-state index is -0.931. The molecule has 0 radical (unpaired) electrons. The van der Waals surface area contributed by atoms with Gasteiger partial charge in [0, 0.05) is 6.04 Å². The summed E-state index contributed by atoms with van der Waals surface area (Å²) in [5.74, 6) is -2.34. The van der Waals surface area contributed by atoms with Gasteiger partial charge in [0.05, 0.1) is 6.54 Å². The smallest absolute Gasteiger partial charge is 0.320 e. The van der Waals surface area contributed by atoms with Crippen LogP contribution in [0.15, 0.2) is 0 Å². The number of carbonyl (C=O) groups is 3. The van der Waals surface area contributed by atoms with E-state index in [-0.39, 0.29) is 18.5 Å². The Morgan fingerprint density at radius 2 is 1.41 bits per heavy atom. The molecular formula is C23H45N3O6. The molecule has 0 aromatic carbocycles. The summed E-state index contributed by atoms with van der Waals surface area (Å²) in [6.07, 6.45) is 13.3. The van der Waals surface area contributed by atoms with E-state index >= 15 is 0 Å². The quantitative estimate of drug-likeness (QED) is 0.403. The lowest BCUT2D eigenvalue weighted by molar-refractivity contribution is -0.142. The lowest BCUT2D eigenvalue weighted by atomic mass is 9.97. The van der Waals surface area contributed by atoms with Crippen molar-refractivity contribution in [2.45, 2.75) is 103 Å². The van der Waals surface area contributed by atoms with Crippen LogP contribution in [-0.2, 0) is 14.4 Å². The molecule has 0 amide bonds. The Balaban J connectivity index is 0.000000485. The first-order valence-electron chi connectivity index (χ1n) is 11.9. The zero-order valence-electron chi connectivity index (χ0n) is 20.1. The summed E-state index contributed by atoms with van der Waals surface area (Å²) in [5, 5.41) is 28.5. The Morgan fingerprint density at radius 3 is 1.69 bits per heavy atom. The Bertz CT molecular complexity index is 534. The lowest BCUT2D eigenvalue weighted by Crippen LogP contribution is -2.34. The minimum absolute atomic E-state index is 0.0208. The van der Waals surface area contributed by atoms with E-state index in [1.807, 2.05) is 11.9 Å². The molecule has 2 fully saturated rings. The molecule has 1 aliphatic heterocycles. The lowest BCUT2D eigenvalue weighted by Gasteiger charge is -2.18. The predicted molar refractivity (Wildman–Crippen MR) is 125 cm³/mol. The fourth-order valence-corrected chi connectivity index (χ4v) is 3.75. The molecule has 32 heavy (non-hydrogen) atoms. The van der Waals surface area contributed by atoms with Gasteiger partial charge in [-0.25, -0.2) is 0 Å². The second kappa shape index (κ2) is 17.8. The highest BCUT2D eigenvalue weighted by atomic mass is 16.4. The van der Waals surface area contributed by atoms with Gasteiger partial charge in [-0.1, -0.05) is 58.8 Å². The maximum Gasteiger partial charge on any atom is 0.320 e. The van der Waals surface area contributed by atoms with Crippen LogP contribution in [0, 0.1) is 5.92 Å². The largest absolute Gasteiger partial charge is 0.480 e. The standard InChI is InChI=1S/C12H23NO2.C6H11NO2.C5H11NO2/c14-12(15)10-13-11-8-6-4-2-1-3-5-7-9-11;1-7-4-2-3-5(7)6(8)9;1-3(2)4(6)5(7)8/h11,13H,1-10H2,(H,14,15);5H,2-4H2,1H3,(H,8,9);3-4H,6H2,1-2H3,(H,7,8)/t;5-;4-/m.01/s1. The van der Waals surface area contributed by atoms with Gasteiger partial charge in [-0.2, -0.15) is 0 Å². The highest BCUT2D eigenvalue weighted by Crippen LogP contribution is 2.17. The number of likely N-dealkylation sites (N-methyl/N-ethyl adjacent to an activating group) is 1. The minimum Gasteiger partial charge on any atom is -0.480 e. The van der Waals surface area contributed by atoms with Crippen LogP contribution in [0.4, 0.5) is 0 Å². The van der Waals surface area contributed by atoms with Crippen molar-refractivity contribution in [3.8, 4) is 0 Å². The zero-order valence-corrected chi connectivity index (χ0v) is 20.1. The molecule has 0 spiro atoms. The highest BCUT2D eigenvalue weighted by Gasteiger charge is 2.26. The van der Waals surface area contributed by atoms with Crippen LogP contribution in [0.1, 0.15) is 84.5 Å². The van der Waals surface area contributed by atoms with Gasteiger partial charge in [-0.15, -0.1) is 0 Å². The van der Waals surface area contributed by atoms with Crippen LogP contribution in [0.3, 0.4) is 0 Å². The number of hydrogen-bond acceptors (Lipinski definition) is 6. The molecule has 2 rings (SSSR count). The van der Waals surface area contributed by atoms with E-state index in [0.29, 0.717) is 6.04 Å². The van der Waals surface area contributed by atoms with Crippen molar-refractivity contribution in [3.05, 3.63) is 0 Å². The first-order chi connectivity index (χ1) is 15.1. The number of rotatable bonds is 6. The van der Waals surface area contributed by atoms with E-state index in [4.69, 9.17) is 21.1 Å². The molecule has 9 heteroatoms.